The molecular weight excluding hydrogens is 198 g/mol. The molecule has 0 fully saturated rings. The Bertz CT molecular complexity index is 360. The smallest absolute Gasteiger partial charge is 0.363 e. The maximum Gasteiger partial charge on any atom is 0.406 e. The SMILES string of the molecule is CNCCNc1c([N+](=O)[O-])nc(C)n1C. The fourth-order valence-electron chi connectivity index (χ4n) is 1.22. The Labute approximate surface area is 87.6 Å². The summed E-state index contributed by atoms with van der Waals surface area (Å²) in [5.74, 6) is 0.951. The molecule has 0 aromatic carbocycles. The summed E-state index contributed by atoms with van der Waals surface area (Å²) in [4.78, 5) is 14.1. The maximum absolute atomic E-state index is 10.7. The molecule has 0 spiro atoms. The van der Waals surface area contributed by atoms with Crippen molar-refractivity contribution >= 4 is 11.6 Å². The summed E-state index contributed by atoms with van der Waals surface area (Å²) in [6.07, 6.45) is 0. The van der Waals surface area contributed by atoms with Crippen molar-refractivity contribution in [3.63, 3.8) is 0 Å². The average molecular weight is 213 g/mol. The van der Waals surface area contributed by atoms with Crippen LogP contribution < -0.4 is 10.6 Å². The van der Waals surface area contributed by atoms with Crippen molar-refractivity contribution in [2.45, 2.75) is 6.92 Å². The normalized spacial score (nSPS) is 10.3. The Kier molecular flexibility index (Phi) is 3.62. The molecule has 0 unspecified atom stereocenters. The zero-order chi connectivity index (χ0) is 11.4. The van der Waals surface area contributed by atoms with Gasteiger partial charge in [0.15, 0.2) is 0 Å². The van der Waals surface area contributed by atoms with E-state index in [4.69, 9.17) is 0 Å². The second-order valence-corrected chi connectivity index (χ2v) is 3.18. The lowest BCUT2D eigenvalue weighted by molar-refractivity contribution is -0.388. The Hall–Kier alpha value is -1.63. The number of nitrogens with zero attached hydrogens (tertiary/aromatic N) is 3. The van der Waals surface area contributed by atoms with Gasteiger partial charge < -0.3 is 20.7 Å². The minimum atomic E-state index is -0.477. The van der Waals surface area contributed by atoms with Crippen molar-refractivity contribution in [2.75, 3.05) is 25.5 Å². The molecule has 7 nitrogen and oxygen atoms in total. The van der Waals surface area contributed by atoms with Crippen LogP contribution in [0.15, 0.2) is 0 Å². The van der Waals surface area contributed by atoms with E-state index in [1.54, 1.807) is 18.5 Å². The second kappa shape index (κ2) is 4.74. The molecule has 0 amide bonds. The van der Waals surface area contributed by atoms with E-state index < -0.39 is 4.92 Å². The van der Waals surface area contributed by atoms with E-state index in [-0.39, 0.29) is 5.82 Å². The van der Waals surface area contributed by atoms with Gasteiger partial charge in [-0.15, -0.1) is 0 Å². The predicted octanol–water partition coefficient (Wildman–Crippen LogP) is 0.268. The van der Waals surface area contributed by atoms with Crippen molar-refractivity contribution < 1.29 is 4.92 Å². The molecular formula is C8H15N5O2. The topological polar surface area (TPSA) is 85.0 Å². The van der Waals surface area contributed by atoms with Gasteiger partial charge in [-0.25, -0.2) is 0 Å². The molecule has 1 heterocycles. The van der Waals surface area contributed by atoms with Gasteiger partial charge in [0.1, 0.15) is 0 Å². The molecule has 0 aliphatic carbocycles. The first-order chi connectivity index (χ1) is 7.07. The molecule has 0 aliphatic rings. The number of hydrogen-bond donors (Lipinski definition) is 2. The molecule has 1 rings (SSSR count). The van der Waals surface area contributed by atoms with Crippen LogP contribution in [0.25, 0.3) is 0 Å². The largest absolute Gasteiger partial charge is 0.406 e. The van der Waals surface area contributed by atoms with Gasteiger partial charge >= 0.3 is 5.82 Å². The van der Waals surface area contributed by atoms with E-state index in [9.17, 15) is 10.1 Å². The van der Waals surface area contributed by atoms with Gasteiger partial charge in [0, 0.05) is 27.1 Å². The monoisotopic (exact) mass is 213 g/mol. The third-order valence-corrected chi connectivity index (χ3v) is 2.14. The molecule has 0 radical (unpaired) electrons. The Balaban J connectivity index is 2.88. The molecule has 15 heavy (non-hydrogen) atoms. The zero-order valence-corrected chi connectivity index (χ0v) is 9.07. The molecule has 1 aromatic rings. The van der Waals surface area contributed by atoms with Gasteiger partial charge in [-0.1, -0.05) is 0 Å². The number of anilines is 1. The summed E-state index contributed by atoms with van der Waals surface area (Å²) in [5, 5.41) is 16.6. The minimum absolute atomic E-state index is 0.119. The first-order valence-electron chi connectivity index (χ1n) is 4.64. The number of hydrogen-bond acceptors (Lipinski definition) is 5. The molecule has 84 valence electrons. The second-order valence-electron chi connectivity index (χ2n) is 3.18. The summed E-state index contributed by atoms with van der Waals surface area (Å²) >= 11 is 0. The van der Waals surface area contributed by atoms with E-state index in [1.165, 1.54) is 0 Å². The summed E-state index contributed by atoms with van der Waals surface area (Å²) in [7, 11) is 3.57. The summed E-state index contributed by atoms with van der Waals surface area (Å²) < 4.78 is 1.67. The number of imidazole rings is 1. The Morgan fingerprint density at radius 1 is 1.53 bits per heavy atom. The maximum atomic E-state index is 10.7. The lowest BCUT2D eigenvalue weighted by Gasteiger charge is -2.05. The van der Waals surface area contributed by atoms with Gasteiger partial charge in [-0.2, -0.15) is 0 Å². The van der Waals surface area contributed by atoms with Crippen molar-refractivity contribution in [3.8, 4) is 0 Å². The van der Waals surface area contributed by atoms with Crippen molar-refractivity contribution in [3.05, 3.63) is 15.9 Å². The van der Waals surface area contributed by atoms with Crippen LogP contribution in [-0.2, 0) is 7.05 Å². The fourth-order valence-corrected chi connectivity index (χ4v) is 1.22. The number of rotatable bonds is 5. The Morgan fingerprint density at radius 2 is 2.20 bits per heavy atom. The van der Waals surface area contributed by atoms with Gasteiger partial charge in [0.2, 0.25) is 11.6 Å². The number of aryl methyl sites for hydroxylation is 1. The lowest BCUT2D eigenvalue weighted by Crippen LogP contribution is -2.19. The number of aromatic nitrogens is 2. The lowest BCUT2D eigenvalue weighted by atomic mass is 10.5. The molecule has 0 bridgehead atoms. The van der Waals surface area contributed by atoms with Gasteiger partial charge in [-0.05, 0) is 17.0 Å². The van der Waals surface area contributed by atoms with Crippen molar-refractivity contribution in [1.82, 2.24) is 14.9 Å². The van der Waals surface area contributed by atoms with Crippen LogP contribution in [0.4, 0.5) is 11.6 Å². The number of nitrogens with one attached hydrogen (secondary N) is 2. The molecule has 7 heteroatoms. The van der Waals surface area contributed by atoms with E-state index in [1.807, 2.05) is 7.05 Å². The van der Waals surface area contributed by atoms with Crippen LogP contribution in [-0.4, -0.2) is 34.6 Å². The predicted molar refractivity (Wildman–Crippen MR) is 57.0 cm³/mol. The van der Waals surface area contributed by atoms with Crippen LogP contribution in [0.3, 0.4) is 0 Å². The molecule has 0 saturated heterocycles. The average Bonchev–Trinajstić information content (AvgIpc) is 2.46. The standard InChI is InChI=1S/C8H15N5O2/c1-6-11-8(13(14)15)7(12(6)3)10-5-4-9-2/h9-10H,4-5H2,1-3H3. The first kappa shape index (κ1) is 11.4. The van der Waals surface area contributed by atoms with Crippen LogP contribution in [0.1, 0.15) is 5.82 Å². The molecule has 2 N–H and O–H groups in total. The first-order valence-corrected chi connectivity index (χ1v) is 4.64. The van der Waals surface area contributed by atoms with Crippen LogP contribution >= 0.6 is 0 Å². The number of likely N-dealkylation sites (N-methyl/N-ethyl adjacent to an activating group) is 1. The highest BCUT2D eigenvalue weighted by Gasteiger charge is 2.22. The quantitative estimate of drug-likeness (QED) is 0.416. The molecule has 1 aromatic heterocycles. The van der Waals surface area contributed by atoms with Gasteiger partial charge in [0.05, 0.1) is 0 Å². The van der Waals surface area contributed by atoms with E-state index >= 15 is 0 Å². The van der Waals surface area contributed by atoms with Crippen molar-refractivity contribution in [2.24, 2.45) is 7.05 Å². The van der Waals surface area contributed by atoms with E-state index in [2.05, 4.69) is 15.6 Å². The summed E-state index contributed by atoms with van der Waals surface area (Å²) in [5.41, 5.74) is 0. The molecule has 0 saturated carbocycles. The zero-order valence-electron chi connectivity index (χ0n) is 9.07. The third kappa shape index (κ3) is 2.44. The minimum Gasteiger partial charge on any atom is -0.363 e. The van der Waals surface area contributed by atoms with Crippen LogP contribution in [0.5, 0.6) is 0 Å². The highest BCUT2D eigenvalue weighted by molar-refractivity contribution is 5.53. The summed E-state index contributed by atoms with van der Waals surface area (Å²) in [6, 6.07) is 0. The van der Waals surface area contributed by atoms with Crippen molar-refractivity contribution in [1.29, 1.82) is 0 Å². The van der Waals surface area contributed by atoms with E-state index in [0.717, 1.165) is 6.54 Å². The molecule has 0 aliphatic heterocycles. The van der Waals surface area contributed by atoms with Crippen LogP contribution in [0.2, 0.25) is 0 Å². The highest BCUT2D eigenvalue weighted by atomic mass is 16.6. The van der Waals surface area contributed by atoms with Gasteiger partial charge in [0.25, 0.3) is 0 Å². The van der Waals surface area contributed by atoms with Crippen LogP contribution in [0, 0.1) is 17.0 Å². The number of nitro groups is 1. The van der Waals surface area contributed by atoms with Gasteiger partial charge in [-0.3, -0.25) is 4.57 Å². The summed E-state index contributed by atoms with van der Waals surface area (Å²) in [6.45, 7) is 3.09. The highest BCUT2D eigenvalue weighted by Crippen LogP contribution is 2.23. The Morgan fingerprint density at radius 3 is 2.73 bits per heavy atom. The molecule has 0 atom stereocenters. The fraction of sp³-hybridized carbons (Fsp3) is 0.625. The third-order valence-electron chi connectivity index (χ3n) is 2.14. The van der Waals surface area contributed by atoms with E-state index in [0.29, 0.717) is 18.2 Å².